The van der Waals surface area contributed by atoms with E-state index in [4.69, 9.17) is 10.5 Å². The summed E-state index contributed by atoms with van der Waals surface area (Å²) in [6, 6.07) is 6.93. The van der Waals surface area contributed by atoms with Crippen LogP contribution in [0.15, 0.2) is 24.3 Å². The van der Waals surface area contributed by atoms with Crippen molar-refractivity contribution in [3.63, 3.8) is 0 Å². The number of nitrogens with two attached hydrogens (primary N) is 1. The first-order chi connectivity index (χ1) is 8.80. The van der Waals surface area contributed by atoms with E-state index < -0.39 is 15.6 Å². The van der Waals surface area contributed by atoms with Crippen LogP contribution in [0, 0.1) is 0 Å². The van der Waals surface area contributed by atoms with E-state index in [0.29, 0.717) is 11.4 Å². The third-order valence-corrected chi connectivity index (χ3v) is 4.67. The van der Waals surface area contributed by atoms with Gasteiger partial charge in [-0.1, -0.05) is 12.1 Å². The molecule has 1 aliphatic rings. The molecule has 0 aliphatic carbocycles. The summed E-state index contributed by atoms with van der Waals surface area (Å²) < 4.78 is 30.4. The van der Waals surface area contributed by atoms with E-state index in [2.05, 4.69) is 0 Å². The van der Waals surface area contributed by atoms with Gasteiger partial charge < -0.3 is 15.6 Å². The SMILES string of the molecule is CC1(O)CN(S(=O)(=O)CCOc2ccccc2N)C1. The van der Waals surface area contributed by atoms with Crippen LogP contribution in [-0.4, -0.2) is 48.9 Å². The number of para-hydroxylation sites is 2. The van der Waals surface area contributed by atoms with Crippen LogP contribution in [0.4, 0.5) is 5.69 Å². The zero-order chi connectivity index (χ0) is 14.1. The van der Waals surface area contributed by atoms with E-state index in [1.165, 1.54) is 4.31 Å². The summed E-state index contributed by atoms with van der Waals surface area (Å²) >= 11 is 0. The zero-order valence-electron chi connectivity index (χ0n) is 10.7. The number of anilines is 1. The Morgan fingerprint density at radius 2 is 2.05 bits per heavy atom. The van der Waals surface area contributed by atoms with Gasteiger partial charge in [-0.15, -0.1) is 0 Å². The smallest absolute Gasteiger partial charge is 0.217 e. The standard InChI is InChI=1S/C12H18N2O4S/c1-12(15)8-14(9-12)19(16,17)7-6-18-11-5-3-2-4-10(11)13/h2-5,15H,6-9,13H2,1H3. The molecule has 0 unspecified atom stereocenters. The van der Waals surface area contributed by atoms with Gasteiger partial charge in [0.15, 0.2) is 0 Å². The molecule has 0 spiro atoms. The molecule has 0 bridgehead atoms. The van der Waals surface area contributed by atoms with Gasteiger partial charge in [0.1, 0.15) is 12.4 Å². The van der Waals surface area contributed by atoms with Crippen LogP contribution in [0.2, 0.25) is 0 Å². The molecule has 3 N–H and O–H groups in total. The number of hydrogen-bond donors (Lipinski definition) is 2. The second-order valence-corrected chi connectivity index (χ2v) is 7.06. The topological polar surface area (TPSA) is 92.9 Å². The van der Waals surface area contributed by atoms with Gasteiger partial charge in [0, 0.05) is 13.1 Å². The molecule has 1 aliphatic heterocycles. The molecular formula is C12H18N2O4S. The molecule has 2 rings (SSSR count). The van der Waals surface area contributed by atoms with Gasteiger partial charge in [-0.2, -0.15) is 4.31 Å². The Hall–Kier alpha value is -1.31. The molecule has 0 radical (unpaired) electrons. The first-order valence-corrected chi connectivity index (χ1v) is 7.59. The Labute approximate surface area is 112 Å². The van der Waals surface area contributed by atoms with Gasteiger partial charge in [-0.3, -0.25) is 0 Å². The highest BCUT2D eigenvalue weighted by molar-refractivity contribution is 7.89. The molecule has 19 heavy (non-hydrogen) atoms. The summed E-state index contributed by atoms with van der Waals surface area (Å²) in [6.45, 7) is 1.93. The second-order valence-electron chi connectivity index (χ2n) is 4.97. The van der Waals surface area contributed by atoms with Gasteiger partial charge in [0.2, 0.25) is 10.0 Å². The lowest BCUT2D eigenvalue weighted by Crippen LogP contribution is -2.62. The van der Waals surface area contributed by atoms with Crippen LogP contribution in [-0.2, 0) is 10.0 Å². The Bertz CT molecular complexity index is 549. The summed E-state index contributed by atoms with van der Waals surface area (Å²) in [4.78, 5) is 0. The lowest BCUT2D eigenvalue weighted by atomic mass is 10.0. The molecule has 0 saturated carbocycles. The number of rotatable bonds is 5. The summed E-state index contributed by atoms with van der Waals surface area (Å²) in [6.07, 6.45) is 0. The molecule has 1 aromatic carbocycles. The van der Waals surface area contributed by atoms with E-state index >= 15 is 0 Å². The number of benzene rings is 1. The van der Waals surface area contributed by atoms with E-state index in [-0.39, 0.29) is 25.4 Å². The fourth-order valence-corrected chi connectivity index (χ4v) is 3.41. The Morgan fingerprint density at radius 3 is 2.63 bits per heavy atom. The van der Waals surface area contributed by atoms with Crippen molar-refractivity contribution < 1.29 is 18.3 Å². The van der Waals surface area contributed by atoms with Gasteiger partial charge in [0.05, 0.1) is 17.0 Å². The first-order valence-electron chi connectivity index (χ1n) is 5.98. The molecular weight excluding hydrogens is 268 g/mol. The van der Waals surface area contributed by atoms with Gasteiger partial charge in [-0.05, 0) is 19.1 Å². The van der Waals surface area contributed by atoms with Crippen molar-refractivity contribution in [3.8, 4) is 5.75 Å². The van der Waals surface area contributed by atoms with E-state index in [9.17, 15) is 13.5 Å². The van der Waals surface area contributed by atoms with Crippen LogP contribution in [0.3, 0.4) is 0 Å². The lowest BCUT2D eigenvalue weighted by Gasteiger charge is -2.42. The van der Waals surface area contributed by atoms with Crippen LogP contribution in [0.25, 0.3) is 0 Å². The normalized spacial score (nSPS) is 18.8. The van der Waals surface area contributed by atoms with Crippen LogP contribution in [0.1, 0.15) is 6.92 Å². The highest BCUT2D eigenvalue weighted by atomic mass is 32.2. The maximum absolute atomic E-state index is 11.9. The minimum atomic E-state index is -3.37. The minimum Gasteiger partial charge on any atom is -0.490 e. The van der Waals surface area contributed by atoms with Gasteiger partial charge in [0.25, 0.3) is 0 Å². The van der Waals surface area contributed by atoms with Gasteiger partial charge in [-0.25, -0.2) is 8.42 Å². The summed E-state index contributed by atoms with van der Waals surface area (Å²) in [5.41, 5.74) is 5.26. The van der Waals surface area contributed by atoms with Crippen molar-refractivity contribution in [2.45, 2.75) is 12.5 Å². The second kappa shape index (κ2) is 4.99. The Kier molecular flexibility index (Phi) is 3.71. The van der Waals surface area contributed by atoms with Gasteiger partial charge >= 0.3 is 0 Å². The molecule has 0 atom stereocenters. The number of hydrogen-bond acceptors (Lipinski definition) is 5. The van der Waals surface area contributed by atoms with Crippen molar-refractivity contribution in [1.82, 2.24) is 4.31 Å². The number of nitrogens with zero attached hydrogens (tertiary/aromatic N) is 1. The Balaban J connectivity index is 1.85. The largest absolute Gasteiger partial charge is 0.490 e. The quantitative estimate of drug-likeness (QED) is 0.746. The fraction of sp³-hybridized carbons (Fsp3) is 0.500. The third-order valence-electron chi connectivity index (χ3n) is 2.95. The molecule has 1 heterocycles. The van der Waals surface area contributed by atoms with Crippen molar-refractivity contribution in [3.05, 3.63) is 24.3 Å². The number of sulfonamides is 1. The first kappa shape index (κ1) is 14.1. The molecule has 106 valence electrons. The maximum atomic E-state index is 11.9. The minimum absolute atomic E-state index is 0.0369. The van der Waals surface area contributed by atoms with Crippen molar-refractivity contribution in [2.75, 3.05) is 31.2 Å². The fourth-order valence-electron chi connectivity index (χ4n) is 1.91. The molecule has 0 aromatic heterocycles. The molecule has 7 heteroatoms. The average Bonchev–Trinajstić information content (AvgIpc) is 2.28. The third kappa shape index (κ3) is 3.37. The van der Waals surface area contributed by atoms with E-state index in [0.717, 1.165) is 0 Å². The average molecular weight is 286 g/mol. The van der Waals surface area contributed by atoms with E-state index in [1.54, 1.807) is 31.2 Å². The highest BCUT2D eigenvalue weighted by Crippen LogP contribution is 2.24. The maximum Gasteiger partial charge on any atom is 0.217 e. The monoisotopic (exact) mass is 286 g/mol. The number of nitrogen functional groups attached to an aromatic ring is 1. The van der Waals surface area contributed by atoms with Crippen LogP contribution in [0.5, 0.6) is 5.75 Å². The summed E-state index contributed by atoms with van der Waals surface area (Å²) in [7, 11) is -3.37. The van der Waals surface area contributed by atoms with Crippen LogP contribution >= 0.6 is 0 Å². The predicted molar refractivity (Wildman–Crippen MR) is 72.3 cm³/mol. The molecule has 1 saturated heterocycles. The molecule has 1 aromatic rings. The number of ether oxygens (including phenoxy) is 1. The van der Waals surface area contributed by atoms with Crippen molar-refractivity contribution in [1.29, 1.82) is 0 Å². The predicted octanol–water partition coefficient (Wildman–Crippen LogP) is 0.0440. The summed E-state index contributed by atoms with van der Waals surface area (Å²) in [5.74, 6) is 0.352. The number of β-amino-alcohol motifs (C(OH)–C–C–N with tert-alkyl or cyclic N) is 1. The highest BCUT2D eigenvalue weighted by Gasteiger charge is 2.42. The molecule has 6 nitrogen and oxygen atoms in total. The molecule has 1 fully saturated rings. The Morgan fingerprint density at radius 1 is 1.42 bits per heavy atom. The summed E-state index contributed by atoms with van der Waals surface area (Å²) in [5, 5.41) is 9.53. The van der Waals surface area contributed by atoms with Crippen molar-refractivity contribution >= 4 is 15.7 Å². The van der Waals surface area contributed by atoms with E-state index in [1.807, 2.05) is 0 Å². The van der Waals surface area contributed by atoms with Crippen molar-refractivity contribution in [2.24, 2.45) is 0 Å². The van der Waals surface area contributed by atoms with Crippen LogP contribution < -0.4 is 10.5 Å². The lowest BCUT2D eigenvalue weighted by molar-refractivity contribution is -0.0427. The zero-order valence-corrected chi connectivity index (χ0v) is 11.6. The number of aliphatic hydroxyl groups is 1. The molecule has 0 amide bonds.